The van der Waals surface area contributed by atoms with Crippen molar-refractivity contribution in [1.82, 2.24) is 24.7 Å². The Morgan fingerprint density at radius 1 is 1.20 bits per heavy atom. The molecular formula is C22H33N5O3. The van der Waals surface area contributed by atoms with Gasteiger partial charge in [0.15, 0.2) is 0 Å². The van der Waals surface area contributed by atoms with Gasteiger partial charge in [0, 0.05) is 50.4 Å². The summed E-state index contributed by atoms with van der Waals surface area (Å²) in [5.41, 5.74) is -0.568. The van der Waals surface area contributed by atoms with Gasteiger partial charge in [-0.05, 0) is 39.5 Å². The predicted molar refractivity (Wildman–Crippen MR) is 114 cm³/mol. The van der Waals surface area contributed by atoms with Gasteiger partial charge in [-0.1, -0.05) is 19.3 Å². The first-order chi connectivity index (χ1) is 14.3. The summed E-state index contributed by atoms with van der Waals surface area (Å²) in [5.74, 6) is 0.504. The van der Waals surface area contributed by atoms with Gasteiger partial charge in [-0.25, -0.2) is 4.79 Å². The number of urea groups is 1. The second-order valence-electron chi connectivity index (χ2n) is 9.49. The topological polar surface area (TPSA) is 87.5 Å². The smallest absolute Gasteiger partial charge is 0.317 e. The Morgan fingerprint density at radius 2 is 1.90 bits per heavy atom. The zero-order valence-corrected chi connectivity index (χ0v) is 18.3. The highest BCUT2D eigenvalue weighted by atomic mass is 16.2. The quantitative estimate of drug-likeness (QED) is 0.819. The molecule has 0 bridgehead atoms. The van der Waals surface area contributed by atoms with Crippen molar-refractivity contribution in [2.24, 2.45) is 0 Å². The van der Waals surface area contributed by atoms with Crippen molar-refractivity contribution in [1.29, 1.82) is 0 Å². The van der Waals surface area contributed by atoms with Gasteiger partial charge in [0.2, 0.25) is 0 Å². The van der Waals surface area contributed by atoms with E-state index in [-0.39, 0.29) is 35.0 Å². The highest BCUT2D eigenvalue weighted by Gasteiger charge is 2.47. The van der Waals surface area contributed by atoms with Crippen molar-refractivity contribution in [2.75, 3.05) is 20.1 Å². The van der Waals surface area contributed by atoms with Crippen LogP contribution < -0.4 is 10.9 Å². The lowest BCUT2D eigenvalue weighted by molar-refractivity contribution is 0.0693. The molecule has 8 nitrogen and oxygen atoms in total. The fourth-order valence-electron chi connectivity index (χ4n) is 5.27. The van der Waals surface area contributed by atoms with Gasteiger partial charge < -0.3 is 19.7 Å². The van der Waals surface area contributed by atoms with Crippen LogP contribution in [0.3, 0.4) is 0 Å². The van der Waals surface area contributed by atoms with Gasteiger partial charge in [-0.2, -0.15) is 4.98 Å². The SMILES string of the molecule is CC(C)NC(=O)N1CC[C@]2(CCn3cc(C(=O)N(C)C4CCCCC4)c(=O)nc32)C1. The Morgan fingerprint density at radius 3 is 2.60 bits per heavy atom. The maximum Gasteiger partial charge on any atom is 0.317 e. The summed E-state index contributed by atoms with van der Waals surface area (Å²) in [7, 11) is 1.80. The zero-order chi connectivity index (χ0) is 21.5. The Kier molecular flexibility index (Phi) is 5.59. The van der Waals surface area contributed by atoms with Crippen LogP contribution in [-0.4, -0.2) is 63.5 Å². The van der Waals surface area contributed by atoms with Gasteiger partial charge >= 0.3 is 6.03 Å². The lowest BCUT2D eigenvalue weighted by atomic mass is 9.85. The van der Waals surface area contributed by atoms with Crippen LogP contribution in [0.25, 0.3) is 0 Å². The fraction of sp³-hybridized carbons (Fsp3) is 0.727. The number of rotatable bonds is 3. The highest BCUT2D eigenvalue weighted by molar-refractivity contribution is 5.93. The Labute approximate surface area is 177 Å². The van der Waals surface area contributed by atoms with E-state index in [0.717, 1.165) is 50.9 Å². The molecule has 164 valence electrons. The molecule has 1 aromatic rings. The first-order valence-corrected chi connectivity index (χ1v) is 11.3. The normalized spacial score (nSPS) is 23.8. The molecule has 1 saturated heterocycles. The number of fused-ring (bicyclic) bond motifs is 2. The minimum atomic E-state index is -0.444. The molecule has 2 fully saturated rings. The molecule has 3 aliphatic rings. The van der Waals surface area contributed by atoms with Crippen molar-refractivity contribution in [2.45, 2.75) is 82.8 Å². The molecule has 3 amide bonds. The molecule has 30 heavy (non-hydrogen) atoms. The standard InChI is InChI=1S/C22H33N5O3/c1-15(2)23-21(30)27-12-10-22(14-27)9-11-26-13-17(18(28)24-20(22)26)19(29)25(3)16-7-5-4-6-8-16/h13,15-16H,4-12,14H2,1-3H3,(H,23,30)/t22-/m1/s1. The van der Waals surface area contributed by atoms with Crippen LogP contribution in [-0.2, 0) is 12.0 Å². The first kappa shape index (κ1) is 20.9. The van der Waals surface area contributed by atoms with Crippen LogP contribution in [0.15, 0.2) is 11.0 Å². The number of aryl methyl sites for hydroxylation is 1. The third-order valence-electron chi connectivity index (χ3n) is 7.03. The third kappa shape index (κ3) is 3.72. The fourth-order valence-corrected chi connectivity index (χ4v) is 5.27. The monoisotopic (exact) mass is 415 g/mol. The van der Waals surface area contributed by atoms with E-state index >= 15 is 0 Å². The van der Waals surface area contributed by atoms with Crippen LogP contribution in [0, 0.1) is 0 Å². The molecule has 8 heteroatoms. The molecule has 0 unspecified atom stereocenters. The summed E-state index contributed by atoms with van der Waals surface area (Å²) < 4.78 is 1.97. The number of likely N-dealkylation sites (tertiary alicyclic amines) is 1. The maximum absolute atomic E-state index is 13.0. The van der Waals surface area contributed by atoms with E-state index < -0.39 is 5.56 Å². The van der Waals surface area contributed by atoms with E-state index in [9.17, 15) is 14.4 Å². The van der Waals surface area contributed by atoms with Crippen LogP contribution in [0.2, 0.25) is 0 Å². The molecule has 1 aliphatic carbocycles. The van der Waals surface area contributed by atoms with Gasteiger partial charge in [0.05, 0.1) is 0 Å². The van der Waals surface area contributed by atoms with Crippen LogP contribution >= 0.6 is 0 Å². The van der Waals surface area contributed by atoms with E-state index in [4.69, 9.17) is 0 Å². The number of nitrogens with one attached hydrogen (secondary N) is 1. The van der Waals surface area contributed by atoms with Crippen molar-refractivity contribution >= 4 is 11.9 Å². The largest absolute Gasteiger partial charge is 0.339 e. The summed E-state index contributed by atoms with van der Waals surface area (Å²) >= 11 is 0. The second-order valence-corrected chi connectivity index (χ2v) is 9.49. The van der Waals surface area contributed by atoms with Crippen LogP contribution in [0.1, 0.15) is 75.0 Å². The molecule has 1 aromatic heterocycles. The van der Waals surface area contributed by atoms with E-state index in [1.165, 1.54) is 6.42 Å². The Bertz CT molecular complexity index is 889. The molecular weight excluding hydrogens is 382 g/mol. The van der Waals surface area contributed by atoms with Gasteiger partial charge in [-0.15, -0.1) is 0 Å². The average molecular weight is 416 g/mol. The third-order valence-corrected chi connectivity index (χ3v) is 7.03. The number of aromatic nitrogens is 2. The van der Waals surface area contributed by atoms with Gasteiger partial charge in [-0.3, -0.25) is 9.59 Å². The zero-order valence-electron chi connectivity index (χ0n) is 18.3. The minimum Gasteiger partial charge on any atom is -0.339 e. The maximum atomic E-state index is 13.0. The first-order valence-electron chi connectivity index (χ1n) is 11.3. The Hall–Kier alpha value is -2.38. The molecule has 3 heterocycles. The number of amides is 3. The van der Waals surface area contributed by atoms with E-state index in [2.05, 4.69) is 10.3 Å². The van der Waals surface area contributed by atoms with Gasteiger partial charge in [0.25, 0.3) is 11.5 Å². The lowest BCUT2D eigenvalue weighted by Gasteiger charge is -2.31. The van der Waals surface area contributed by atoms with Crippen molar-refractivity contribution in [3.8, 4) is 0 Å². The van der Waals surface area contributed by atoms with Crippen molar-refractivity contribution in [3.63, 3.8) is 0 Å². The van der Waals surface area contributed by atoms with Crippen LogP contribution in [0.4, 0.5) is 4.79 Å². The second kappa shape index (κ2) is 8.04. The molecule has 1 spiro atoms. The molecule has 1 saturated carbocycles. The molecule has 1 atom stereocenters. The average Bonchev–Trinajstić information content (AvgIpc) is 3.31. The Balaban J connectivity index is 1.54. The predicted octanol–water partition coefficient (Wildman–Crippen LogP) is 2.11. The summed E-state index contributed by atoms with van der Waals surface area (Å²) in [6.45, 7) is 5.82. The molecule has 4 rings (SSSR count). The van der Waals surface area contributed by atoms with E-state index in [1.54, 1.807) is 18.1 Å². The summed E-state index contributed by atoms with van der Waals surface area (Å²) in [6, 6.07) is 0.224. The number of hydrogen-bond acceptors (Lipinski definition) is 4. The summed E-state index contributed by atoms with van der Waals surface area (Å²) in [5, 5.41) is 2.94. The molecule has 0 radical (unpaired) electrons. The molecule has 2 aliphatic heterocycles. The van der Waals surface area contributed by atoms with Crippen molar-refractivity contribution < 1.29 is 9.59 Å². The summed E-state index contributed by atoms with van der Waals surface area (Å²) in [6.07, 6.45) is 8.81. The van der Waals surface area contributed by atoms with Gasteiger partial charge in [0.1, 0.15) is 11.4 Å². The number of carbonyl (C=O) groups is 2. The number of carbonyl (C=O) groups excluding carboxylic acids is 2. The minimum absolute atomic E-state index is 0.0661. The molecule has 0 aromatic carbocycles. The van der Waals surface area contributed by atoms with E-state index in [0.29, 0.717) is 13.1 Å². The highest BCUT2D eigenvalue weighted by Crippen LogP contribution is 2.41. The number of nitrogens with zero attached hydrogens (tertiary/aromatic N) is 4. The lowest BCUT2D eigenvalue weighted by Crippen LogP contribution is -2.43. The number of hydrogen-bond donors (Lipinski definition) is 1. The van der Waals surface area contributed by atoms with Crippen molar-refractivity contribution in [3.05, 3.63) is 27.9 Å². The summed E-state index contributed by atoms with van der Waals surface area (Å²) in [4.78, 5) is 46.2. The van der Waals surface area contributed by atoms with E-state index in [1.807, 2.05) is 23.3 Å². The van der Waals surface area contributed by atoms with Crippen LogP contribution in [0.5, 0.6) is 0 Å². The molecule has 1 N–H and O–H groups in total.